The van der Waals surface area contributed by atoms with E-state index in [0.29, 0.717) is 5.56 Å². The number of amides is 1. The molecule has 0 aliphatic rings. The Kier molecular flexibility index (Phi) is 5.38. The van der Waals surface area contributed by atoms with Gasteiger partial charge in [-0.1, -0.05) is 30.3 Å². The van der Waals surface area contributed by atoms with Gasteiger partial charge in [-0.25, -0.2) is 0 Å². The van der Waals surface area contributed by atoms with E-state index in [2.05, 4.69) is 24.3 Å². The minimum Gasteiger partial charge on any atom is -0.497 e. The van der Waals surface area contributed by atoms with Crippen LogP contribution in [-0.2, 0) is 12.8 Å². The van der Waals surface area contributed by atoms with Crippen molar-refractivity contribution < 1.29 is 9.53 Å². The number of benzene rings is 2. The fraction of sp³-hybridized carbons (Fsp3) is 0.278. The number of unbranched alkanes of at least 4 members (excludes halogenated alkanes) is 1. The highest BCUT2D eigenvalue weighted by atomic mass is 16.5. The second-order valence-electron chi connectivity index (χ2n) is 5.08. The summed E-state index contributed by atoms with van der Waals surface area (Å²) in [7, 11) is 1.62. The molecule has 0 radical (unpaired) electrons. The van der Waals surface area contributed by atoms with Crippen molar-refractivity contribution in [3.05, 3.63) is 65.2 Å². The molecule has 0 aromatic heterocycles. The Labute approximate surface area is 125 Å². The van der Waals surface area contributed by atoms with Crippen LogP contribution in [-0.4, -0.2) is 13.0 Å². The van der Waals surface area contributed by atoms with Crippen molar-refractivity contribution in [1.82, 2.24) is 0 Å². The highest BCUT2D eigenvalue weighted by Crippen LogP contribution is 2.20. The number of carbonyl (C=O) groups excluding carboxylic acids is 1. The third kappa shape index (κ3) is 4.35. The lowest BCUT2D eigenvalue weighted by Gasteiger charge is -2.09. The monoisotopic (exact) mass is 283 g/mol. The standard InChI is InChI=1S/C18H21NO2/c1-21-16-11-12-17(18(19)20)15(13-16)10-6-5-9-14-7-3-2-4-8-14/h2-4,7-8,11-13H,5-6,9-10H2,1H3,(H2,19,20). The van der Waals surface area contributed by atoms with Gasteiger partial charge in [0.2, 0.25) is 5.91 Å². The Morgan fingerprint density at radius 2 is 1.76 bits per heavy atom. The topological polar surface area (TPSA) is 52.3 Å². The van der Waals surface area contributed by atoms with Gasteiger partial charge in [0.1, 0.15) is 5.75 Å². The number of primary amides is 1. The summed E-state index contributed by atoms with van der Waals surface area (Å²) >= 11 is 0. The zero-order valence-electron chi connectivity index (χ0n) is 12.3. The van der Waals surface area contributed by atoms with E-state index in [-0.39, 0.29) is 5.91 Å². The lowest BCUT2D eigenvalue weighted by Crippen LogP contribution is -2.13. The summed E-state index contributed by atoms with van der Waals surface area (Å²) in [6.45, 7) is 0. The molecule has 110 valence electrons. The Balaban J connectivity index is 1.94. The molecule has 0 heterocycles. The molecular weight excluding hydrogens is 262 g/mol. The van der Waals surface area contributed by atoms with Gasteiger partial charge in [-0.3, -0.25) is 4.79 Å². The van der Waals surface area contributed by atoms with Crippen LogP contribution in [0.1, 0.15) is 34.3 Å². The molecule has 0 spiro atoms. The first kappa shape index (κ1) is 15.1. The minimum absolute atomic E-state index is 0.379. The molecule has 0 saturated carbocycles. The number of hydrogen-bond donors (Lipinski definition) is 1. The molecule has 1 amide bonds. The van der Waals surface area contributed by atoms with Crippen LogP contribution in [0.2, 0.25) is 0 Å². The van der Waals surface area contributed by atoms with Crippen molar-refractivity contribution in [1.29, 1.82) is 0 Å². The van der Waals surface area contributed by atoms with Crippen molar-refractivity contribution in [2.24, 2.45) is 5.73 Å². The smallest absolute Gasteiger partial charge is 0.248 e. The van der Waals surface area contributed by atoms with Crippen molar-refractivity contribution in [2.45, 2.75) is 25.7 Å². The van der Waals surface area contributed by atoms with E-state index in [9.17, 15) is 4.79 Å². The van der Waals surface area contributed by atoms with Crippen molar-refractivity contribution >= 4 is 5.91 Å². The molecule has 2 rings (SSSR count). The summed E-state index contributed by atoms with van der Waals surface area (Å²) in [5, 5.41) is 0. The number of aryl methyl sites for hydroxylation is 2. The Bertz CT molecular complexity index is 593. The van der Waals surface area contributed by atoms with Gasteiger partial charge >= 0.3 is 0 Å². The maximum atomic E-state index is 11.5. The van der Waals surface area contributed by atoms with Crippen LogP contribution in [0.25, 0.3) is 0 Å². The molecule has 0 aliphatic carbocycles. The molecule has 2 N–H and O–H groups in total. The van der Waals surface area contributed by atoms with E-state index in [4.69, 9.17) is 10.5 Å². The molecule has 0 fully saturated rings. The van der Waals surface area contributed by atoms with Crippen LogP contribution in [0, 0.1) is 0 Å². The average molecular weight is 283 g/mol. The second kappa shape index (κ2) is 7.48. The lowest BCUT2D eigenvalue weighted by atomic mass is 9.99. The molecule has 3 heteroatoms. The van der Waals surface area contributed by atoms with Gasteiger partial charge in [0, 0.05) is 5.56 Å². The maximum Gasteiger partial charge on any atom is 0.248 e. The summed E-state index contributed by atoms with van der Waals surface area (Å²) in [5.41, 5.74) is 8.33. The van der Waals surface area contributed by atoms with E-state index >= 15 is 0 Å². The normalized spacial score (nSPS) is 10.3. The zero-order chi connectivity index (χ0) is 15.1. The number of carbonyl (C=O) groups is 1. The zero-order valence-corrected chi connectivity index (χ0v) is 12.3. The SMILES string of the molecule is COc1ccc(C(N)=O)c(CCCCc2ccccc2)c1. The first-order chi connectivity index (χ1) is 10.2. The van der Waals surface area contributed by atoms with E-state index in [1.165, 1.54) is 5.56 Å². The Morgan fingerprint density at radius 3 is 2.43 bits per heavy atom. The third-order valence-corrected chi connectivity index (χ3v) is 3.58. The van der Waals surface area contributed by atoms with Crippen molar-refractivity contribution in [2.75, 3.05) is 7.11 Å². The molecule has 0 bridgehead atoms. The van der Waals surface area contributed by atoms with E-state index < -0.39 is 0 Å². The largest absolute Gasteiger partial charge is 0.497 e. The van der Waals surface area contributed by atoms with Gasteiger partial charge < -0.3 is 10.5 Å². The van der Waals surface area contributed by atoms with Gasteiger partial charge in [-0.05, 0) is 55.0 Å². The van der Waals surface area contributed by atoms with E-state index in [1.54, 1.807) is 19.2 Å². The summed E-state index contributed by atoms with van der Waals surface area (Å²) in [6, 6.07) is 15.8. The van der Waals surface area contributed by atoms with Crippen LogP contribution in [0.15, 0.2) is 48.5 Å². The second-order valence-corrected chi connectivity index (χ2v) is 5.08. The predicted molar refractivity (Wildman–Crippen MR) is 84.6 cm³/mol. The number of rotatable bonds is 7. The van der Waals surface area contributed by atoms with Crippen LogP contribution < -0.4 is 10.5 Å². The lowest BCUT2D eigenvalue weighted by molar-refractivity contribution is 0.0999. The fourth-order valence-corrected chi connectivity index (χ4v) is 2.43. The Morgan fingerprint density at radius 1 is 1.05 bits per heavy atom. The van der Waals surface area contributed by atoms with Crippen LogP contribution in [0.4, 0.5) is 0 Å². The third-order valence-electron chi connectivity index (χ3n) is 3.58. The average Bonchev–Trinajstić information content (AvgIpc) is 2.52. The molecule has 0 saturated heterocycles. The number of ether oxygens (including phenoxy) is 1. The van der Waals surface area contributed by atoms with Gasteiger partial charge in [0.15, 0.2) is 0 Å². The first-order valence-electron chi connectivity index (χ1n) is 7.21. The fourth-order valence-electron chi connectivity index (χ4n) is 2.43. The first-order valence-corrected chi connectivity index (χ1v) is 7.21. The van der Waals surface area contributed by atoms with Gasteiger partial charge in [0.25, 0.3) is 0 Å². The van der Waals surface area contributed by atoms with Crippen LogP contribution >= 0.6 is 0 Å². The quantitative estimate of drug-likeness (QED) is 0.792. The number of hydrogen-bond acceptors (Lipinski definition) is 2. The van der Waals surface area contributed by atoms with E-state index in [1.807, 2.05) is 12.1 Å². The van der Waals surface area contributed by atoms with Gasteiger partial charge in [-0.2, -0.15) is 0 Å². The van der Waals surface area contributed by atoms with E-state index in [0.717, 1.165) is 37.0 Å². The molecule has 2 aromatic rings. The predicted octanol–water partition coefficient (Wildman–Crippen LogP) is 3.36. The van der Waals surface area contributed by atoms with Gasteiger partial charge in [-0.15, -0.1) is 0 Å². The molecule has 0 atom stereocenters. The summed E-state index contributed by atoms with van der Waals surface area (Å²) in [6.07, 6.45) is 3.99. The van der Waals surface area contributed by atoms with Crippen LogP contribution in [0.3, 0.4) is 0 Å². The number of nitrogens with two attached hydrogens (primary N) is 1. The summed E-state index contributed by atoms with van der Waals surface area (Å²) in [4.78, 5) is 11.5. The molecule has 0 unspecified atom stereocenters. The molecule has 21 heavy (non-hydrogen) atoms. The minimum atomic E-state index is -0.379. The van der Waals surface area contributed by atoms with Crippen molar-refractivity contribution in [3.8, 4) is 5.75 Å². The Hall–Kier alpha value is -2.29. The van der Waals surface area contributed by atoms with Gasteiger partial charge in [0.05, 0.1) is 7.11 Å². The van der Waals surface area contributed by atoms with Crippen molar-refractivity contribution in [3.63, 3.8) is 0 Å². The summed E-state index contributed by atoms with van der Waals surface area (Å²) in [5.74, 6) is 0.383. The number of methoxy groups -OCH3 is 1. The van der Waals surface area contributed by atoms with Crippen LogP contribution in [0.5, 0.6) is 5.75 Å². The molecular formula is C18H21NO2. The highest BCUT2D eigenvalue weighted by molar-refractivity contribution is 5.94. The maximum absolute atomic E-state index is 11.5. The molecule has 0 aliphatic heterocycles. The summed E-state index contributed by atoms with van der Waals surface area (Å²) < 4.78 is 5.21. The molecule has 2 aromatic carbocycles. The highest BCUT2D eigenvalue weighted by Gasteiger charge is 2.09. The molecule has 3 nitrogen and oxygen atoms in total.